The summed E-state index contributed by atoms with van der Waals surface area (Å²) >= 11 is 0. The average molecular weight is 152 g/mol. The van der Waals surface area contributed by atoms with Crippen molar-refractivity contribution in [1.82, 2.24) is 4.90 Å². The van der Waals surface area contributed by atoms with Crippen LogP contribution in [-0.2, 0) is 0 Å². The molecular formula is C9H16N2. The summed E-state index contributed by atoms with van der Waals surface area (Å²) in [5.74, 6) is 0. The van der Waals surface area contributed by atoms with Crippen molar-refractivity contribution < 1.29 is 0 Å². The smallest absolute Gasteiger partial charge is 0.0433 e. The standard InChI is InChI=1S/C9H16N2/c10-8-4-1-2-6-11-7-3-5-9(8)11/h3,5,8-9H,1-2,4,6-7,10H2/t8-,9-/m0/s1. The highest BCUT2D eigenvalue weighted by Crippen LogP contribution is 2.20. The number of nitrogens with zero attached hydrogens (tertiary/aromatic N) is 1. The number of hydrogen-bond donors (Lipinski definition) is 1. The van der Waals surface area contributed by atoms with Gasteiger partial charge in [0.15, 0.2) is 0 Å². The van der Waals surface area contributed by atoms with Crippen LogP contribution in [0.4, 0.5) is 0 Å². The Hall–Kier alpha value is -0.340. The molecule has 2 aliphatic heterocycles. The highest BCUT2D eigenvalue weighted by atomic mass is 15.2. The molecule has 2 atom stereocenters. The van der Waals surface area contributed by atoms with Crippen LogP contribution in [-0.4, -0.2) is 30.1 Å². The lowest BCUT2D eigenvalue weighted by atomic mass is 10.1. The average Bonchev–Trinajstić information content (AvgIpc) is 2.40. The Morgan fingerprint density at radius 1 is 1.36 bits per heavy atom. The quantitative estimate of drug-likeness (QED) is 0.519. The fourth-order valence-electron chi connectivity index (χ4n) is 2.10. The van der Waals surface area contributed by atoms with E-state index in [0.29, 0.717) is 12.1 Å². The fraction of sp³-hybridized carbons (Fsp3) is 0.778. The molecule has 0 amide bonds. The van der Waals surface area contributed by atoms with Gasteiger partial charge in [0.25, 0.3) is 0 Å². The maximum Gasteiger partial charge on any atom is 0.0433 e. The molecule has 0 aromatic rings. The van der Waals surface area contributed by atoms with Gasteiger partial charge in [0.2, 0.25) is 0 Å². The predicted molar refractivity (Wildman–Crippen MR) is 46.3 cm³/mol. The molecule has 2 N–H and O–H groups in total. The van der Waals surface area contributed by atoms with E-state index in [-0.39, 0.29) is 0 Å². The zero-order valence-electron chi connectivity index (χ0n) is 6.87. The van der Waals surface area contributed by atoms with Crippen LogP contribution in [0.2, 0.25) is 0 Å². The van der Waals surface area contributed by atoms with Gasteiger partial charge in [-0.05, 0) is 19.4 Å². The van der Waals surface area contributed by atoms with Crippen LogP contribution in [0.1, 0.15) is 19.3 Å². The summed E-state index contributed by atoms with van der Waals surface area (Å²) in [6, 6.07) is 0.939. The number of nitrogens with two attached hydrogens (primary N) is 1. The van der Waals surface area contributed by atoms with Crippen molar-refractivity contribution in [3.63, 3.8) is 0 Å². The van der Waals surface area contributed by atoms with Crippen LogP contribution in [0.25, 0.3) is 0 Å². The fourth-order valence-corrected chi connectivity index (χ4v) is 2.10. The van der Waals surface area contributed by atoms with Crippen molar-refractivity contribution in [2.24, 2.45) is 5.73 Å². The molecule has 0 saturated carbocycles. The Morgan fingerprint density at radius 2 is 2.27 bits per heavy atom. The molecule has 0 radical (unpaired) electrons. The minimum atomic E-state index is 0.385. The second kappa shape index (κ2) is 2.95. The van der Waals surface area contributed by atoms with E-state index in [1.54, 1.807) is 0 Å². The molecule has 1 fully saturated rings. The first kappa shape index (κ1) is 7.32. The van der Waals surface area contributed by atoms with Crippen LogP contribution >= 0.6 is 0 Å². The first-order valence-electron chi connectivity index (χ1n) is 4.54. The largest absolute Gasteiger partial charge is 0.326 e. The molecule has 62 valence electrons. The third-order valence-corrected chi connectivity index (χ3v) is 2.77. The lowest BCUT2D eigenvalue weighted by Gasteiger charge is -2.25. The van der Waals surface area contributed by atoms with Gasteiger partial charge in [-0.3, -0.25) is 4.90 Å². The van der Waals surface area contributed by atoms with Crippen molar-refractivity contribution in [3.05, 3.63) is 12.2 Å². The highest BCUT2D eigenvalue weighted by molar-refractivity contribution is 5.08. The summed E-state index contributed by atoms with van der Waals surface area (Å²) < 4.78 is 0. The van der Waals surface area contributed by atoms with Gasteiger partial charge >= 0.3 is 0 Å². The summed E-state index contributed by atoms with van der Waals surface area (Å²) in [5.41, 5.74) is 6.03. The van der Waals surface area contributed by atoms with Gasteiger partial charge in [-0.25, -0.2) is 0 Å². The Kier molecular flexibility index (Phi) is 1.96. The summed E-state index contributed by atoms with van der Waals surface area (Å²) in [4.78, 5) is 2.48. The summed E-state index contributed by atoms with van der Waals surface area (Å²) in [6.45, 7) is 2.36. The highest BCUT2D eigenvalue weighted by Gasteiger charge is 2.26. The molecule has 0 bridgehead atoms. The first-order valence-corrected chi connectivity index (χ1v) is 4.54. The minimum absolute atomic E-state index is 0.385. The lowest BCUT2D eigenvalue weighted by Crippen LogP contribution is -2.42. The van der Waals surface area contributed by atoms with E-state index >= 15 is 0 Å². The van der Waals surface area contributed by atoms with E-state index < -0.39 is 0 Å². The molecule has 2 heterocycles. The Morgan fingerprint density at radius 3 is 3.18 bits per heavy atom. The van der Waals surface area contributed by atoms with Gasteiger partial charge in [-0.2, -0.15) is 0 Å². The Balaban J connectivity index is 2.08. The van der Waals surface area contributed by atoms with Crippen LogP contribution in [0.15, 0.2) is 12.2 Å². The molecule has 1 saturated heterocycles. The van der Waals surface area contributed by atoms with Crippen molar-refractivity contribution in [2.45, 2.75) is 31.3 Å². The lowest BCUT2D eigenvalue weighted by molar-refractivity contribution is 0.261. The molecule has 0 aromatic carbocycles. The summed E-state index contributed by atoms with van der Waals surface area (Å²) in [5, 5.41) is 0. The van der Waals surface area contributed by atoms with E-state index in [0.717, 1.165) is 6.54 Å². The van der Waals surface area contributed by atoms with Crippen LogP contribution in [0.5, 0.6) is 0 Å². The maximum absolute atomic E-state index is 6.03. The Labute approximate surface area is 68.1 Å². The van der Waals surface area contributed by atoms with Gasteiger partial charge in [0.1, 0.15) is 0 Å². The van der Waals surface area contributed by atoms with E-state index in [1.807, 2.05) is 0 Å². The molecule has 0 aliphatic carbocycles. The monoisotopic (exact) mass is 152 g/mol. The molecule has 0 spiro atoms. The van der Waals surface area contributed by atoms with Crippen molar-refractivity contribution in [1.29, 1.82) is 0 Å². The van der Waals surface area contributed by atoms with E-state index in [9.17, 15) is 0 Å². The maximum atomic E-state index is 6.03. The molecule has 0 aromatic heterocycles. The number of fused-ring (bicyclic) bond motifs is 1. The van der Waals surface area contributed by atoms with Crippen molar-refractivity contribution >= 4 is 0 Å². The summed E-state index contributed by atoms with van der Waals surface area (Å²) in [7, 11) is 0. The van der Waals surface area contributed by atoms with E-state index in [4.69, 9.17) is 5.73 Å². The van der Waals surface area contributed by atoms with Crippen LogP contribution < -0.4 is 5.73 Å². The minimum Gasteiger partial charge on any atom is -0.326 e. The molecule has 2 nitrogen and oxygen atoms in total. The van der Waals surface area contributed by atoms with Gasteiger partial charge in [-0.15, -0.1) is 0 Å². The van der Waals surface area contributed by atoms with Gasteiger partial charge < -0.3 is 5.73 Å². The third kappa shape index (κ3) is 1.33. The van der Waals surface area contributed by atoms with Gasteiger partial charge in [0, 0.05) is 18.6 Å². The molecule has 11 heavy (non-hydrogen) atoms. The van der Waals surface area contributed by atoms with Crippen molar-refractivity contribution in [2.75, 3.05) is 13.1 Å². The van der Waals surface area contributed by atoms with Gasteiger partial charge in [-0.1, -0.05) is 18.6 Å². The predicted octanol–water partition coefficient (Wildman–Crippen LogP) is 0.738. The first-order chi connectivity index (χ1) is 5.38. The molecular weight excluding hydrogens is 136 g/mol. The SMILES string of the molecule is N[C@H]1CCCCN2CC=C[C@@H]12. The zero-order chi connectivity index (χ0) is 7.68. The topological polar surface area (TPSA) is 29.3 Å². The summed E-state index contributed by atoms with van der Waals surface area (Å²) in [6.07, 6.45) is 8.35. The van der Waals surface area contributed by atoms with Crippen LogP contribution in [0, 0.1) is 0 Å². The molecule has 2 aliphatic rings. The Bertz CT molecular complexity index is 165. The van der Waals surface area contributed by atoms with Crippen molar-refractivity contribution in [3.8, 4) is 0 Å². The van der Waals surface area contributed by atoms with E-state index in [2.05, 4.69) is 17.1 Å². The zero-order valence-corrected chi connectivity index (χ0v) is 6.87. The second-order valence-electron chi connectivity index (χ2n) is 3.57. The van der Waals surface area contributed by atoms with Gasteiger partial charge in [0.05, 0.1) is 0 Å². The normalized spacial score (nSPS) is 38.6. The molecule has 0 unspecified atom stereocenters. The number of hydrogen-bond acceptors (Lipinski definition) is 2. The molecule has 2 heteroatoms. The van der Waals surface area contributed by atoms with E-state index in [1.165, 1.54) is 25.8 Å². The number of rotatable bonds is 0. The van der Waals surface area contributed by atoms with Crippen LogP contribution in [0.3, 0.4) is 0 Å². The second-order valence-corrected chi connectivity index (χ2v) is 3.57. The molecule has 2 rings (SSSR count). The third-order valence-electron chi connectivity index (χ3n) is 2.77.